The van der Waals surface area contributed by atoms with E-state index < -0.39 is 0 Å². The lowest BCUT2D eigenvalue weighted by atomic mass is 9.89. The van der Waals surface area contributed by atoms with E-state index in [9.17, 15) is 9.59 Å². The van der Waals surface area contributed by atoms with Crippen molar-refractivity contribution in [2.75, 3.05) is 7.11 Å². The summed E-state index contributed by atoms with van der Waals surface area (Å²) in [6.07, 6.45) is 5.94. The van der Waals surface area contributed by atoms with E-state index in [1.54, 1.807) is 24.5 Å². The first kappa shape index (κ1) is 19.3. The molecule has 0 bridgehead atoms. The van der Waals surface area contributed by atoms with E-state index in [1.807, 2.05) is 18.2 Å². The molecule has 2 aromatic heterocycles. The van der Waals surface area contributed by atoms with Gasteiger partial charge in [0.25, 0.3) is 11.5 Å². The van der Waals surface area contributed by atoms with E-state index in [-0.39, 0.29) is 18.0 Å². The molecule has 0 spiro atoms. The van der Waals surface area contributed by atoms with Gasteiger partial charge in [-0.1, -0.05) is 19.1 Å². The highest BCUT2D eigenvalue weighted by atomic mass is 32.1. The van der Waals surface area contributed by atoms with E-state index in [0.29, 0.717) is 17.1 Å². The van der Waals surface area contributed by atoms with Gasteiger partial charge in [0, 0.05) is 4.88 Å². The highest BCUT2D eigenvalue weighted by Crippen LogP contribution is 2.35. The van der Waals surface area contributed by atoms with Gasteiger partial charge in [-0.25, -0.2) is 10.4 Å². The smallest absolute Gasteiger partial charge is 0.262 e. The van der Waals surface area contributed by atoms with Crippen molar-refractivity contribution in [3.05, 3.63) is 57.0 Å². The van der Waals surface area contributed by atoms with Crippen LogP contribution in [0.2, 0.25) is 0 Å². The molecule has 1 aromatic carbocycles. The molecule has 3 aromatic rings. The van der Waals surface area contributed by atoms with Crippen LogP contribution >= 0.6 is 11.3 Å². The summed E-state index contributed by atoms with van der Waals surface area (Å²) >= 11 is 1.60. The molecule has 150 valence electrons. The number of amides is 1. The normalized spacial score (nSPS) is 16.1. The quantitative estimate of drug-likeness (QED) is 0.518. The number of carbonyl (C=O) groups excluding carboxylic acids is 1. The van der Waals surface area contributed by atoms with Crippen molar-refractivity contribution < 1.29 is 9.53 Å². The van der Waals surface area contributed by atoms with Gasteiger partial charge in [-0.05, 0) is 48.4 Å². The van der Waals surface area contributed by atoms with Crippen molar-refractivity contribution in [2.45, 2.75) is 32.7 Å². The molecule has 1 unspecified atom stereocenters. The van der Waals surface area contributed by atoms with Crippen LogP contribution in [0.15, 0.2) is 40.5 Å². The number of hydrogen-bond donors (Lipinski definition) is 1. The summed E-state index contributed by atoms with van der Waals surface area (Å²) in [5, 5.41) is 4.63. The van der Waals surface area contributed by atoms with E-state index in [0.717, 1.165) is 35.2 Å². The molecule has 0 saturated carbocycles. The predicted molar refractivity (Wildman–Crippen MR) is 114 cm³/mol. The average Bonchev–Trinajstić information content (AvgIpc) is 3.08. The molecule has 7 nitrogen and oxygen atoms in total. The van der Waals surface area contributed by atoms with E-state index in [4.69, 9.17) is 4.74 Å². The lowest BCUT2D eigenvalue weighted by molar-refractivity contribution is -0.121. The van der Waals surface area contributed by atoms with Crippen LogP contribution in [0.5, 0.6) is 5.75 Å². The molecule has 1 N–H and O–H groups in total. The Morgan fingerprint density at radius 3 is 3.17 bits per heavy atom. The molecule has 29 heavy (non-hydrogen) atoms. The maximum absolute atomic E-state index is 12.9. The Bertz CT molecular complexity index is 1150. The minimum atomic E-state index is -0.384. The Kier molecular flexibility index (Phi) is 5.44. The summed E-state index contributed by atoms with van der Waals surface area (Å²) in [6, 6.07) is 7.32. The Hall–Kier alpha value is -3.00. The van der Waals surface area contributed by atoms with E-state index in [1.165, 1.54) is 22.0 Å². The highest BCUT2D eigenvalue weighted by Gasteiger charge is 2.23. The van der Waals surface area contributed by atoms with Crippen molar-refractivity contribution in [1.29, 1.82) is 0 Å². The summed E-state index contributed by atoms with van der Waals surface area (Å²) in [5.41, 5.74) is 4.21. The van der Waals surface area contributed by atoms with Crippen molar-refractivity contribution in [2.24, 2.45) is 11.0 Å². The number of thiophene rings is 1. The monoisotopic (exact) mass is 410 g/mol. The van der Waals surface area contributed by atoms with Gasteiger partial charge >= 0.3 is 0 Å². The first-order valence-electron chi connectivity index (χ1n) is 9.51. The first-order valence-corrected chi connectivity index (χ1v) is 10.3. The van der Waals surface area contributed by atoms with Crippen molar-refractivity contribution in [3.8, 4) is 5.75 Å². The highest BCUT2D eigenvalue weighted by molar-refractivity contribution is 7.18. The van der Waals surface area contributed by atoms with Gasteiger partial charge in [-0.3, -0.25) is 14.2 Å². The van der Waals surface area contributed by atoms with E-state index in [2.05, 4.69) is 22.4 Å². The largest absolute Gasteiger partial charge is 0.497 e. The van der Waals surface area contributed by atoms with Crippen molar-refractivity contribution >= 4 is 33.7 Å². The van der Waals surface area contributed by atoms with Gasteiger partial charge in [0.1, 0.15) is 17.1 Å². The van der Waals surface area contributed by atoms with Crippen LogP contribution in [-0.4, -0.2) is 28.8 Å². The molecule has 1 aliphatic rings. The molecule has 0 fully saturated rings. The van der Waals surface area contributed by atoms with Crippen LogP contribution in [0, 0.1) is 5.92 Å². The molecule has 1 atom stereocenters. The molecule has 1 aliphatic carbocycles. The number of aromatic nitrogens is 2. The Morgan fingerprint density at radius 1 is 1.48 bits per heavy atom. The van der Waals surface area contributed by atoms with Gasteiger partial charge < -0.3 is 4.74 Å². The SMILES string of the molecule is COc1cccc(C=NNC(=O)Cn2cnc3sc4c(c3c2=O)CCC(C)C4)c1. The van der Waals surface area contributed by atoms with Crippen LogP contribution in [0.4, 0.5) is 0 Å². The van der Waals surface area contributed by atoms with Gasteiger partial charge in [-0.2, -0.15) is 5.10 Å². The first-order chi connectivity index (χ1) is 14.0. The van der Waals surface area contributed by atoms with Gasteiger partial charge in [-0.15, -0.1) is 11.3 Å². The fraction of sp³-hybridized carbons (Fsp3) is 0.333. The van der Waals surface area contributed by atoms with Crippen LogP contribution in [-0.2, 0) is 24.2 Å². The summed E-state index contributed by atoms with van der Waals surface area (Å²) in [6.45, 7) is 2.10. The number of benzene rings is 1. The topological polar surface area (TPSA) is 85.6 Å². The standard InChI is InChI=1S/C21H22N4O3S/c1-13-6-7-16-17(8-13)29-20-19(16)21(27)25(12-22-20)11-18(26)24-23-10-14-4-3-5-15(9-14)28-2/h3-5,9-10,12-13H,6-8,11H2,1-2H3,(H,24,26). The lowest BCUT2D eigenvalue weighted by Gasteiger charge is -2.17. The van der Waals surface area contributed by atoms with Crippen LogP contribution < -0.4 is 15.7 Å². The fourth-order valence-corrected chi connectivity index (χ4v) is 4.91. The molecule has 0 saturated heterocycles. The molecular weight excluding hydrogens is 388 g/mol. The second-order valence-electron chi connectivity index (χ2n) is 7.28. The van der Waals surface area contributed by atoms with Crippen molar-refractivity contribution in [3.63, 3.8) is 0 Å². The summed E-state index contributed by atoms with van der Waals surface area (Å²) in [7, 11) is 1.59. The van der Waals surface area contributed by atoms with Crippen LogP contribution in [0.1, 0.15) is 29.3 Å². The zero-order valence-corrected chi connectivity index (χ0v) is 17.2. The number of methoxy groups -OCH3 is 1. The molecule has 0 aliphatic heterocycles. The predicted octanol–water partition coefficient (Wildman–Crippen LogP) is 2.74. The molecule has 4 rings (SSSR count). The maximum atomic E-state index is 12.9. The number of hydrogen-bond acceptors (Lipinski definition) is 6. The van der Waals surface area contributed by atoms with Crippen LogP contribution in [0.3, 0.4) is 0 Å². The molecular formula is C21H22N4O3S. The zero-order chi connectivity index (χ0) is 20.4. The maximum Gasteiger partial charge on any atom is 0.262 e. The molecule has 2 heterocycles. The number of nitrogens with one attached hydrogen (secondary N) is 1. The summed E-state index contributed by atoms with van der Waals surface area (Å²) in [5.74, 6) is 0.954. The number of ether oxygens (including phenoxy) is 1. The zero-order valence-electron chi connectivity index (χ0n) is 16.3. The Morgan fingerprint density at radius 2 is 2.34 bits per heavy atom. The number of rotatable bonds is 5. The molecule has 1 amide bonds. The Labute approximate surface area is 172 Å². The number of aryl methyl sites for hydroxylation is 1. The third kappa shape index (κ3) is 4.07. The average molecular weight is 410 g/mol. The number of nitrogens with zero attached hydrogens (tertiary/aromatic N) is 3. The molecule has 8 heteroatoms. The second kappa shape index (κ2) is 8.16. The van der Waals surface area contributed by atoms with Crippen molar-refractivity contribution in [1.82, 2.24) is 15.0 Å². The van der Waals surface area contributed by atoms with Gasteiger partial charge in [0.15, 0.2) is 0 Å². The second-order valence-corrected chi connectivity index (χ2v) is 8.36. The number of fused-ring (bicyclic) bond motifs is 3. The lowest BCUT2D eigenvalue weighted by Crippen LogP contribution is -2.30. The summed E-state index contributed by atoms with van der Waals surface area (Å²) in [4.78, 5) is 31.6. The number of hydrazone groups is 1. The minimum Gasteiger partial charge on any atom is -0.497 e. The summed E-state index contributed by atoms with van der Waals surface area (Å²) < 4.78 is 6.51. The Balaban J connectivity index is 1.49. The van der Waals surface area contributed by atoms with Gasteiger partial charge in [0.2, 0.25) is 0 Å². The third-order valence-corrected chi connectivity index (χ3v) is 6.26. The minimum absolute atomic E-state index is 0.127. The molecule has 0 radical (unpaired) electrons. The number of carbonyl (C=O) groups is 1. The third-order valence-electron chi connectivity index (χ3n) is 5.09. The van der Waals surface area contributed by atoms with Gasteiger partial charge in [0.05, 0.1) is 25.0 Å². The fourth-order valence-electron chi connectivity index (χ4n) is 3.57. The van der Waals surface area contributed by atoms with Crippen LogP contribution in [0.25, 0.3) is 10.2 Å². The van der Waals surface area contributed by atoms with E-state index >= 15 is 0 Å².